The number of halogens is 1. The molecule has 0 aromatic carbocycles. The van der Waals surface area contributed by atoms with Gasteiger partial charge in [-0.05, 0) is 25.7 Å². The predicted molar refractivity (Wildman–Crippen MR) is 53.9 cm³/mol. The van der Waals surface area contributed by atoms with E-state index in [1.165, 1.54) is 25.7 Å². The summed E-state index contributed by atoms with van der Waals surface area (Å²) in [7, 11) is 0. The van der Waals surface area contributed by atoms with E-state index in [1.807, 2.05) is 6.33 Å². The van der Waals surface area contributed by atoms with Gasteiger partial charge in [0.05, 0.1) is 17.9 Å². The monoisotopic (exact) mass is 198 g/mol. The zero-order valence-corrected chi connectivity index (χ0v) is 8.72. The van der Waals surface area contributed by atoms with Crippen LogP contribution in [0.25, 0.3) is 0 Å². The molecule has 0 saturated heterocycles. The molecule has 1 aromatic rings. The molecule has 1 fully saturated rings. The molecule has 1 saturated carbocycles. The van der Waals surface area contributed by atoms with Gasteiger partial charge in [0.1, 0.15) is 0 Å². The van der Waals surface area contributed by atoms with Crippen molar-refractivity contribution in [2.24, 2.45) is 0 Å². The highest BCUT2D eigenvalue weighted by molar-refractivity contribution is 6.16. The third-order valence-electron chi connectivity index (χ3n) is 3.26. The van der Waals surface area contributed by atoms with Crippen LogP contribution in [-0.4, -0.2) is 9.55 Å². The molecule has 1 heterocycles. The summed E-state index contributed by atoms with van der Waals surface area (Å²) in [5, 5.41) is 0. The van der Waals surface area contributed by atoms with Crippen LogP contribution in [0.1, 0.15) is 38.3 Å². The molecule has 0 amide bonds. The Morgan fingerprint density at radius 2 is 2.38 bits per heavy atom. The van der Waals surface area contributed by atoms with Crippen molar-refractivity contribution in [3.05, 3.63) is 18.2 Å². The van der Waals surface area contributed by atoms with Crippen LogP contribution in [0.2, 0.25) is 0 Å². The van der Waals surface area contributed by atoms with E-state index >= 15 is 0 Å². The van der Waals surface area contributed by atoms with Gasteiger partial charge in [0.2, 0.25) is 0 Å². The molecule has 72 valence electrons. The van der Waals surface area contributed by atoms with Gasteiger partial charge in [-0.1, -0.05) is 6.92 Å². The molecule has 1 aliphatic rings. The Bertz CT molecular complexity index is 283. The average Bonchev–Trinajstić information content (AvgIpc) is 2.52. The maximum atomic E-state index is 5.72. The number of hydrogen-bond acceptors (Lipinski definition) is 1. The molecule has 1 aliphatic carbocycles. The standard InChI is InChI=1S/C10H15ClN2/c1-2-10(4-3-5-10)13-7-9(6-11)12-8-13/h7-8H,2-6H2,1H3. The molecule has 0 N–H and O–H groups in total. The van der Waals surface area contributed by atoms with Gasteiger partial charge in [0.25, 0.3) is 0 Å². The van der Waals surface area contributed by atoms with E-state index in [2.05, 4.69) is 22.7 Å². The second kappa shape index (κ2) is 3.33. The van der Waals surface area contributed by atoms with E-state index in [4.69, 9.17) is 11.6 Å². The quantitative estimate of drug-likeness (QED) is 0.683. The molecule has 0 unspecified atom stereocenters. The minimum atomic E-state index is 0.372. The van der Waals surface area contributed by atoms with Gasteiger partial charge in [-0.2, -0.15) is 0 Å². The average molecular weight is 199 g/mol. The van der Waals surface area contributed by atoms with Gasteiger partial charge >= 0.3 is 0 Å². The number of alkyl halides is 1. The molecule has 2 rings (SSSR count). The summed E-state index contributed by atoms with van der Waals surface area (Å²) in [5.41, 5.74) is 1.36. The molecule has 0 spiro atoms. The summed E-state index contributed by atoms with van der Waals surface area (Å²) >= 11 is 5.72. The van der Waals surface area contributed by atoms with E-state index in [-0.39, 0.29) is 0 Å². The third kappa shape index (κ3) is 1.37. The minimum absolute atomic E-state index is 0.372. The van der Waals surface area contributed by atoms with Crippen LogP contribution in [0.5, 0.6) is 0 Å². The Morgan fingerprint density at radius 3 is 2.77 bits per heavy atom. The van der Waals surface area contributed by atoms with Crippen LogP contribution in [-0.2, 0) is 11.4 Å². The summed E-state index contributed by atoms with van der Waals surface area (Å²) in [6.45, 7) is 2.25. The number of aromatic nitrogens is 2. The van der Waals surface area contributed by atoms with Crippen LogP contribution >= 0.6 is 11.6 Å². The Hall–Kier alpha value is -0.500. The molecular formula is C10H15ClN2. The lowest BCUT2D eigenvalue weighted by molar-refractivity contribution is 0.136. The van der Waals surface area contributed by atoms with Crippen LogP contribution in [0.3, 0.4) is 0 Å². The van der Waals surface area contributed by atoms with Crippen molar-refractivity contribution in [3.63, 3.8) is 0 Å². The highest BCUT2D eigenvalue weighted by Crippen LogP contribution is 2.41. The van der Waals surface area contributed by atoms with E-state index in [0.717, 1.165) is 5.69 Å². The van der Waals surface area contributed by atoms with Gasteiger partial charge in [-0.3, -0.25) is 0 Å². The maximum Gasteiger partial charge on any atom is 0.0955 e. The van der Waals surface area contributed by atoms with Gasteiger partial charge in [0.15, 0.2) is 0 Å². The molecule has 2 nitrogen and oxygen atoms in total. The van der Waals surface area contributed by atoms with Crippen molar-refractivity contribution in [1.82, 2.24) is 9.55 Å². The van der Waals surface area contributed by atoms with E-state index < -0.39 is 0 Å². The fourth-order valence-corrected chi connectivity index (χ4v) is 2.21. The van der Waals surface area contributed by atoms with Gasteiger partial charge < -0.3 is 4.57 Å². The van der Waals surface area contributed by atoms with Crippen molar-refractivity contribution in [3.8, 4) is 0 Å². The normalized spacial score (nSPS) is 19.8. The Balaban J connectivity index is 2.23. The maximum absolute atomic E-state index is 5.72. The van der Waals surface area contributed by atoms with Crippen molar-refractivity contribution >= 4 is 11.6 Å². The largest absolute Gasteiger partial charge is 0.331 e. The second-order valence-electron chi connectivity index (χ2n) is 3.84. The van der Waals surface area contributed by atoms with Crippen molar-refractivity contribution in [2.75, 3.05) is 0 Å². The first kappa shape index (κ1) is 9.07. The second-order valence-corrected chi connectivity index (χ2v) is 4.10. The highest BCUT2D eigenvalue weighted by Gasteiger charge is 2.36. The topological polar surface area (TPSA) is 17.8 Å². The van der Waals surface area contributed by atoms with Crippen LogP contribution in [0.15, 0.2) is 12.5 Å². The lowest BCUT2D eigenvalue weighted by atomic mass is 9.74. The van der Waals surface area contributed by atoms with Gasteiger partial charge in [-0.15, -0.1) is 11.6 Å². The Kier molecular flexibility index (Phi) is 2.33. The highest BCUT2D eigenvalue weighted by atomic mass is 35.5. The van der Waals surface area contributed by atoms with Crippen molar-refractivity contribution in [2.45, 2.75) is 44.0 Å². The van der Waals surface area contributed by atoms with Gasteiger partial charge in [0, 0.05) is 11.7 Å². The first-order valence-corrected chi connectivity index (χ1v) is 5.43. The molecule has 13 heavy (non-hydrogen) atoms. The summed E-state index contributed by atoms with van der Waals surface area (Å²) in [4.78, 5) is 4.26. The summed E-state index contributed by atoms with van der Waals surface area (Å²) in [6, 6.07) is 0. The lowest BCUT2D eigenvalue weighted by Gasteiger charge is -2.42. The van der Waals surface area contributed by atoms with Crippen LogP contribution < -0.4 is 0 Å². The smallest absolute Gasteiger partial charge is 0.0955 e. The first-order valence-electron chi connectivity index (χ1n) is 4.90. The number of rotatable bonds is 3. The zero-order valence-electron chi connectivity index (χ0n) is 7.96. The predicted octanol–water partition coefficient (Wildman–Crippen LogP) is 2.91. The van der Waals surface area contributed by atoms with Crippen molar-refractivity contribution < 1.29 is 0 Å². The Morgan fingerprint density at radius 1 is 1.62 bits per heavy atom. The molecule has 0 bridgehead atoms. The summed E-state index contributed by atoms with van der Waals surface area (Å²) in [5.74, 6) is 0.521. The number of imidazole rings is 1. The van der Waals surface area contributed by atoms with Crippen LogP contribution in [0.4, 0.5) is 0 Å². The lowest BCUT2D eigenvalue weighted by Crippen LogP contribution is -2.39. The molecule has 3 heteroatoms. The van der Waals surface area contributed by atoms with E-state index in [1.54, 1.807) is 0 Å². The Labute approximate surface area is 83.9 Å². The molecule has 0 atom stereocenters. The van der Waals surface area contributed by atoms with E-state index in [9.17, 15) is 0 Å². The van der Waals surface area contributed by atoms with E-state index in [0.29, 0.717) is 11.4 Å². The fraction of sp³-hybridized carbons (Fsp3) is 0.700. The SMILES string of the molecule is CCC1(n2cnc(CCl)c2)CCC1. The zero-order chi connectivity index (χ0) is 9.31. The molecule has 0 radical (unpaired) electrons. The van der Waals surface area contributed by atoms with Crippen molar-refractivity contribution in [1.29, 1.82) is 0 Å². The third-order valence-corrected chi connectivity index (χ3v) is 3.54. The minimum Gasteiger partial charge on any atom is -0.331 e. The van der Waals surface area contributed by atoms with Gasteiger partial charge in [-0.25, -0.2) is 4.98 Å². The first-order chi connectivity index (χ1) is 6.30. The number of nitrogens with zero attached hydrogens (tertiary/aromatic N) is 2. The number of hydrogen-bond donors (Lipinski definition) is 0. The fourth-order valence-electron chi connectivity index (χ4n) is 2.07. The summed E-state index contributed by atoms with van der Waals surface area (Å²) in [6.07, 6.45) is 9.16. The van der Waals surface area contributed by atoms with Crippen LogP contribution in [0, 0.1) is 0 Å². The molecule has 1 aromatic heterocycles. The summed E-state index contributed by atoms with van der Waals surface area (Å²) < 4.78 is 2.26. The molecule has 0 aliphatic heterocycles. The molecular weight excluding hydrogens is 184 g/mol.